The van der Waals surface area contributed by atoms with Gasteiger partial charge in [0.25, 0.3) is 11.8 Å². The van der Waals surface area contributed by atoms with Crippen molar-refractivity contribution < 1.29 is 27.3 Å². The average Bonchev–Trinajstić information content (AvgIpc) is 3.84. The third-order valence-corrected chi connectivity index (χ3v) is 5.07. The van der Waals surface area contributed by atoms with Crippen LogP contribution in [0.4, 0.5) is 21.6 Å². The van der Waals surface area contributed by atoms with Crippen LogP contribution in [0.5, 0.6) is 0 Å². The van der Waals surface area contributed by atoms with Gasteiger partial charge in [-0.25, -0.2) is 9.59 Å². The molecule has 42 heavy (non-hydrogen) atoms. The van der Waals surface area contributed by atoms with Crippen molar-refractivity contribution >= 4 is 24.1 Å². The van der Waals surface area contributed by atoms with E-state index in [1.807, 2.05) is 24.3 Å². The molecular formula is C26H22N10O6. The normalized spacial score (nSPS) is 10.3. The standard InChI is InChI=1S/2C13H11N5O3/c2*19-12(15-8-9-4-1-2-6-14-9)16-13-18-17-11(21-13)10-5-3-7-20-10/h2*1-7H,8H2,(H2,15,16,18,19). The molecule has 0 bridgehead atoms. The van der Waals surface area contributed by atoms with E-state index in [9.17, 15) is 9.59 Å². The zero-order valence-corrected chi connectivity index (χ0v) is 21.6. The van der Waals surface area contributed by atoms with Crippen LogP contribution >= 0.6 is 0 Å². The van der Waals surface area contributed by atoms with Crippen LogP contribution in [0.3, 0.4) is 0 Å². The molecule has 0 unspecified atom stereocenters. The summed E-state index contributed by atoms with van der Waals surface area (Å²) in [6.07, 6.45) is 6.30. The van der Waals surface area contributed by atoms with E-state index in [2.05, 4.69) is 51.6 Å². The van der Waals surface area contributed by atoms with Gasteiger partial charge in [-0.1, -0.05) is 22.3 Å². The minimum Gasteiger partial charge on any atom is -0.459 e. The van der Waals surface area contributed by atoms with Gasteiger partial charge >= 0.3 is 24.1 Å². The Bertz CT molecular complexity index is 1540. The Morgan fingerprint density at radius 2 is 1.07 bits per heavy atom. The number of urea groups is 2. The smallest absolute Gasteiger partial charge is 0.324 e. The molecule has 0 aliphatic rings. The van der Waals surface area contributed by atoms with Crippen molar-refractivity contribution in [2.75, 3.05) is 10.6 Å². The summed E-state index contributed by atoms with van der Waals surface area (Å²) in [5.41, 5.74) is 1.49. The third kappa shape index (κ3) is 7.85. The average molecular weight is 571 g/mol. The van der Waals surface area contributed by atoms with Crippen LogP contribution in [0, 0.1) is 0 Å². The zero-order valence-electron chi connectivity index (χ0n) is 21.6. The topological polar surface area (TPSA) is 212 Å². The number of aromatic nitrogens is 6. The van der Waals surface area contributed by atoms with Gasteiger partial charge in [-0.2, -0.15) is 0 Å². The number of nitrogens with zero attached hydrogens (tertiary/aromatic N) is 6. The monoisotopic (exact) mass is 570 g/mol. The van der Waals surface area contributed by atoms with Gasteiger partial charge in [0.05, 0.1) is 37.0 Å². The number of nitrogens with one attached hydrogen (secondary N) is 4. The van der Waals surface area contributed by atoms with Gasteiger partial charge in [0.1, 0.15) is 0 Å². The zero-order chi connectivity index (χ0) is 29.0. The van der Waals surface area contributed by atoms with Crippen molar-refractivity contribution in [2.24, 2.45) is 0 Å². The van der Waals surface area contributed by atoms with E-state index >= 15 is 0 Å². The fraction of sp³-hybridized carbons (Fsp3) is 0.0769. The highest BCUT2D eigenvalue weighted by Crippen LogP contribution is 2.20. The van der Waals surface area contributed by atoms with Crippen molar-refractivity contribution in [2.45, 2.75) is 13.1 Å². The van der Waals surface area contributed by atoms with Crippen molar-refractivity contribution in [1.82, 2.24) is 41.0 Å². The fourth-order valence-electron chi connectivity index (χ4n) is 3.18. The van der Waals surface area contributed by atoms with E-state index in [0.717, 1.165) is 11.4 Å². The Kier molecular flexibility index (Phi) is 8.86. The van der Waals surface area contributed by atoms with E-state index in [-0.39, 0.29) is 23.8 Å². The van der Waals surface area contributed by atoms with E-state index < -0.39 is 12.1 Å². The van der Waals surface area contributed by atoms with Crippen LogP contribution in [-0.2, 0) is 13.1 Å². The second-order valence-corrected chi connectivity index (χ2v) is 8.04. The summed E-state index contributed by atoms with van der Waals surface area (Å²) < 4.78 is 20.7. The molecule has 0 aliphatic heterocycles. The fourth-order valence-corrected chi connectivity index (χ4v) is 3.18. The Morgan fingerprint density at radius 3 is 1.45 bits per heavy atom. The van der Waals surface area contributed by atoms with E-state index in [1.54, 1.807) is 48.8 Å². The van der Waals surface area contributed by atoms with Gasteiger partial charge in [0, 0.05) is 12.4 Å². The summed E-state index contributed by atoms with van der Waals surface area (Å²) in [5, 5.41) is 25.1. The first-order chi connectivity index (χ1) is 20.6. The lowest BCUT2D eigenvalue weighted by molar-refractivity contribution is 0.250. The highest BCUT2D eigenvalue weighted by molar-refractivity contribution is 5.87. The molecule has 0 aliphatic carbocycles. The molecule has 4 amide bonds. The maximum absolute atomic E-state index is 11.7. The Hall–Kier alpha value is -6.32. The Labute approximate surface area is 236 Å². The number of furan rings is 2. The van der Waals surface area contributed by atoms with Crippen molar-refractivity contribution in [1.29, 1.82) is 0 Å². The minimum atomic E-state index is -0.463. The lowest BCUT2D eigenvalue weighted by Crippen LogP contribution is -2.28. The molecule has 212 valence electrons. The summed E-state index contributed by atoms with van der Waals surface area (Å²) in [6.45, 7) is 0.595. The molecule has 0 spiro atoms. The molecule has 0 fully saturated rings. The lowest BCUT2D eigenvalue weighted by atomic mass is 10.3. The molecule has 0 saturated heterocycles. The summed E-state index contributed by atoms with van der Waals surface area (Å²) >= 11 is 0. The quantitative estimate of drug-likeness (QED) is 0.204. The third-order valence-electron chi connectivity index (χ3n) is 5.07. The molecule has 6 rings (SSSR count). The lowest BCUT2D eigenvalue weighted by Gasteiger charge is -2.03. The highest BCUT2D eigenvalue weighted by atomic mass is 16.4. The van der Waals surface area contributed by atoms with Gasteiger partial charge in [0.15, 0.2) is 11.5 Å². The number of hydrogen-bond donors (Lipinski definition) is 4. The first-order valence-electron chi connectivity index (χ1n) is 12.3. The number of amides is 4. The largest absolute Gasteiger partial charge is 0.459 e. The second kappa shape index (κ2) is 13.7. The van der Waals surface area contributed by atoms with Gasteiger partial charge in [-0.15, -0.1) is 10.2 Å². The summed E-state index contributed by atoms with van der Waals surface area (Å²) in [6, 6.07) is 16.7. The maximum Gasteiger partial charge on any atom is 0.324 e. The van der Waals surface area contributed by atoms with Crippen LogP contribution in [0.25, 0.3) is 23.3 Å². The molecule has 16 heteroatoms. The Morgan fingerprint density at radius 1 is 0.595 bits per heavy atom. The summed E-state index contributed by atoms with van der Waals surface area (Å²) in [7, 11) is 0. The van der Waals surface area contributed by atoms with Crippen LogP contribution in [-0.4, -0.2) is 42.4 Å². The first-order valence-corrected chi connectivity index (χ1v) is 12.3. The van der Waals surface area contributed by atoms with Crippen LogP contribution < -0.4 is 21.3 Å². The predicted molar refractivity (Wildman–Crippen MR) is 144 cm³/mol. The first kappa shape index (κ1) is 27.3. The van der Waals surface area contributed by atoms with Gasteiger partial charge in [-0.05, 0) is 48.5 Å². The molecule has 6 heterocycles. The van der Waals surface area contributed by atoms with Crippen molar-refractivity contribution in [3.8, 4) is 23.3 Å². The predicted octanol–water partition coefficient (Wildman–Crippen LogP) is 4.09. The SMILES string of the molecule is O=C(NCc1ccccn1)Nc1nnc(-c2ccco2)o1.O=C(NCc1ccccn1)Nc1nnc(-c2ccco2)o1. The molecular weight excluding hydrogens is 548 g/mol. The Balaban J connectivity index is 0.000000168. The van der Waals surface area contributed by atoms with Crippen LogP contribution in [0.1, 0.15) is 11.4 Å². The number of carbonyl (C=O) groups is 2. The van der Waals surface area contributed by atoms with E-state index in [4.69, 9.17) is 17.7 Å². The second-order valence-electron chi connectivity index (χ2n) is 8.04. The molecule has 16 nitrogen and oxygen atoms in total. The molecule has 0 atom stereocenters. The minimum absolute atomic E-state index is 0.0140. The van der Waals surface area contributed by atoms with Crippen molar-refractivity contribution in [3.05, 3.63) is 97.0 Å². The number of carbonyl (C=O) groups excluding carboxylic acids is 2. The molecule has 0 radical (unpaired) electrons. The van der Waals surface area contributed by atoms with E-state index in [0.29, 0.717) is 24.6 Å². The van der Waals surface area contributed by atoms with Crippen LogP contribution in [0.2, 0.25) is 0 Å². The summed E-state index contributed by atoms with van der Waals surface area (Å²) in [4.78, 5) is 31.5. The molecule has 0 saturated carbocycles. The number of hydrogen-bond acceptors (Lipinski definition) is 12. The molecule has 6 aromatic rings. The number of rotatable bonds is 8. The van der Waals surface area contributed by atoms with Crippen LogP contribution in [0.15, 0.2) is 103 Å². The van der Waals surface area contributed by atoms with Gasteiger partial charge in [0.2, 0.25) is 0 Å². The molecule has 0 aromatic carbocycles. The summed E-state index contributed by atoms with van der Waals surface area (Å²) in [5.74, 6) is 1.26. The van der Waals surface area contributed by atoms with Gasteiger partial charge < -0.3 is 28.3 Å². The highest BCUT2D eigenvalue weighted by Gasteiger charge is 2.14. The van der Waals surface area contributed by atoms with E-state index in [1.165, 1.54) is 12.5 Å². The number of anilines is 2. The molecule has 4 N–H and O–H groups in total. The van der Waals surface area contributed by atoms with Crippen molar-refractivity contribution in [3.63, 3.8) is 0 Å². The maximum atomic E-state index is 11.7. The van der Waals surface area contributed by atoms with Gasteiger partial charge in [-0.3, -0.25) is 20.6 Å². The number of pyridine rings is 2. The molecule has 6 aromatic heterocycles.